The van der Waals surface area contributed by atoms with Crippen molar-refractivity contribution in [3.63, 3.8) is 0 Å². The lowest BCUT2D eigenvalue weighted by Crippen LogP contribution is -2.44. The molecule has 21 heavy (non-hydrogen) atoms. The number of carbonyl (C=O) groups excluding carboxylic acids is 1. The van der Waals surface area contributed by atoms with E-state index < -0.39 is 11.0 Å². The number of rotatable bonds is 4. The number of nitro groups is 1. The number of aliphatic hydroxyl groups excluding tert-OH is 1. The number of nitro benzene ring substituents is 1. The van der Waals surface area contributed by atoms with Crippen LogP contribution in [0.4, 0.5) is 5.69 Å². The molecule has 2 atom stereocenters. The van der Waals surface area contributed by atoms with E-state index in [1.807, 2.05) is 6.92 Å². The fourth-order valence-electron chi connectivity index (χ4n) is 2.57. The number of likely N-dealkylation sites (N-methyl/N-ethyl adjacent to an activating group) is 2. The Hall–Kier alpha value is -1.99. The first-order valence-electron chi connectivity index (χ1n) is 6.86. The molecule has 0 unspecified atom stereocenters. The van der Waals surface area contributed by atoms with Crippen LogP contribution in [0.1, 0.15) is 17.3 Å². The van der Waals surface area contributed by atoms with Crippen LogP contribution in [0.2, 0.25) is 0 Å². The Kier molecular flexibility index (Phi) is 4.54. The number of carbonyl (C=O) groups is 1. The number of nitrogens with zero attached hydrogens (tertiary/aromatic N) is 3. The van der Waals surface area contributed by atoms with Gasteiger partial charge in [0, 0.05) is 37.8 Å². The van der Waals surface area contributed by atoms with E-state index in [0.29, 0.717) is 18.7 Å². The zero-order valence-electron chi connectivity index (χ0n) is 12.1. The molecule has 1 heterocycles. The van der Waals surface area contributed by atoms with Crippen LogP contribution in [-0.2, 0) is 0 Å². The normalized spacial score (nSPS) is 22.2. The summed E-state index contributed by atoms with van der Waals surface area (Å²) >= 11 is 0. The molecule has 1 aromatic rings. The average Bonchev–Trinajstić information content (AvgIpc) is 2.87. The topological polar surface area (TPSA) is 86.9 Å². The van der Waals surface area contributed by atoms with Gasteiger partial charge in [0.05, 0.1) is 17.1 Å². The van der Waals surface area contributed by atoms with Crippen LogP contribution in [0.3, 0.4) is 0 Å². The summed E-state index contributed by atoms with van der Waals surface area (Å²) in [5.41, 5.74) is 0.331. The Morgan fingerprint density at radius 3 is 2.52 bits per heavy atom. The van der Waals surface area contributed by atoms with Gasteiger partial charge in [-0.05, 0) is 18.7 Å². The molecular weight excluding hydrogens is 274 g/mol. The van der Waals surface area contributed by atoms with E-state index in [9.17, 15) is 20.0 Å². The summed E-state index contributed by atoms with van der Waals surface area (Å²) in [6, 6.07) is 5.24. The molecule has 1 saturated heterocycles. The number of non-ortho nitro benzene ring substituents is 1. The second-order valence-electron chi connectivity index (χ2n) is 5.21. The van der Waals surface area contributed by atoms with Crippen molar-refractivity contribution >= 4 is 11.6 Å². The third-order valence-corrected chi connectivity index (χ3v) is 3.92. The smallest absolute Gasteiger partial charge is 0.269 e. The molecule has 7 heteroatoms. The van der Waals surface area contributed by atoms with E-state index in [0.717, 1.165) is 6.54 Å². The van der Waals surface area contributed by atoms with Gasteiger partial charge >= 0.3 is 0 Å². The van der Waals surface area contributed by atoms with E-state index in [1.54, 1.807) is 7.05 Å². The minimum absolute atomic E-state index is 0.0488. The van der Waals surface area contributed by atoms with Crippen LogP contribution in [0.5, 0.6) is 0 Å². The van der Waals surface area contributed by atoms with Crippen LogP contribution < -0.4 is 0 Å². The zero-order chi connectivity index (χ0) is 15.6. The summed E-state index contributed by atoms with van der Waals surface area (Å²) in [5.74, 6) is -0.244. The quantitative estimate of drug-likeness (QED) is 0.653. The highest BCUT2D eigenvalue weighted by atomic mass is 16.6. The Balaban J connectivity index is 2.10. The van der Waals surface area contributed by atoms with Crippen LogP contribution in [0.15, 0.2) is 24.3 Å². The maximum absolute atomic E-state index is 12.4. The number of β-amino-alcohol motifs (C(OH)–C–C–N with tert-alkyl or cyclic N) is 1. The van der Waals surface area contributed by atoms with Crippen molar-refractivity contribution in [1.29, 1.82) is 0 Å². The number of hydrogen-bond donors (Lipinski definition) is 1. The van der Waals surface area contributed by atoms with Gasteiger partial charge in [-0.15, -0.1) is 0 Å². The van der Waals surface area contributed by atoms with Crippen molar-refractivity contribution in [3.05, 3.63) is 39.9 Å². The summed E-state index contributed by atoms with van der Waals surface area (Å²) in [7, 11) is 1.65. The van der Waals surface area contributed by atoms with E-state index in [1.165, 1.54) is 29.2 Å². The molecule has 7 nitrogen and oxygen atoms in total. The van der Waals surface area contributed by atoms with E-state index >= 15 is 0 Å². The van der Waals surface area contributed by atoms with Crippen LogP contribution in [0.25, 0.3) is 0 Å². The predicted octanol–water partition coefficient (Wildman–Crippen LogP) is 0.732. The van der Waals surface area contributed by atoms with Gasteiger partial charge in [-0.3, -0.25) is 19.8 Å². The monoisotopic (exact) mass is 293 g/mol. The number of benzene rings is 1. The lowest BCUT2D eigenvalue weighted by molar-refractivity contribution is -0.384. The van der Waals surface area contributed by atoms with Gasteiger partial charge < -0.3 is 10.0 Å². The van der Waals surface area contributed by atoms with Crippen molar-refractivity contribution in [1.82, 2.24) is 9.80 Å². The van der Waals surface area contributed by atoms with E-state index in [-0.39, 0.29) is 17.6 Å². The molecule has 0 aromatic heterocycles. The molecule has 0 aliphatic carbocycles. The first-order valence-corrected chi connectivity index (χ1v) is 6.86. The van der Waals surface area contributed by atoms with Gasteiger partial charge in [-0.25, -0.2) is 0 Å². The largest absolute Gasteiger partial charge is 0.390 e. The second-order valence-corrected chi connectivity index (χ2v) is 5.21. The first-order chi connectivity index (χ1) is 9.93. The fourth-order valence-corrected chi connectivity index (χ4v) is 2.57. The molecule has 0 spiro atoms. The lowest BCUT2D eigenvalue weighted by atomic mass is 10.1. The summed E-state index contributed by atoms with van der Waals surface area (Å²) in [4.78, 5) is 26.1. The zero-order valence-corrected chi connectivity index (χ0v) is 12.1. The number of hydrogen-bond acceptors (Lipinski definition) is 5. The van der Waals surface area contributed by atoms with Crippen molar-refractivity contribution in [2.75, 3.05) is 26.7 Å². The van der Waals surface area contributed by atoms with Crippen molar-refractivity contribution < 1.29 is 14.8 Å². The van der Waals surface area contributed by atoms with Crippen molar-refractivity contribution in [3.8, 4) is 0 Å². The van der Waals surface area contributed by atoms with Crippen LogP contribution in [-0.4, -0.2) is 64.6 Å². The Labute approximate surface area is 122 Å². The summed E-state index contributed by atoms with van der Waals surface area (Å²) < 4.78 is 0. The van der Waals surface area contributed by atoms with Crippen LogP contribution >= 0.6 is 0 Å². The molecule has 1 N–H and O–H groups in total. The SMILES string of the molecule is CCN1C[C@H](O)[C@@H](N(C)C(=O)c2ccc([N+](=O)[O-])cc2)C1. The van der Waals surface area contributed by atoms with Crippen molar-refractivity contribution in [2.24, 2.45) is 0 Å². The fraction of sp³-hybridized carbons (Fsp3) is 0.500. The maximum Gasteiger partial charge on any atom is 0.269 e. The maximum atomic E-state index is 12.4. The Morgan fingerprint density at radius 1 is 1.43 bits per heavy atom. The molecule has 1 aromatic carbocycles. The molecule has 1 aliphatic heterocycles. The molecule has 114 valence electrons. The van der Waals surface area contributed by atoms with Gasteiger partial charge in [-0.2, -0.15) is 0 Å². The van der Waals surface area contributed by atoms with Gasteiger partial charge in [0.2, 0.25) is 0 Å². The van der Waals surface area contributed by atoms with Gasteiger partial charge in [-0.1, -0.05) is 6.92 Å². The minimum atomic E-state index is -0.572. The predicted molar refractivity (Wildman–Crippen MR) is 77.1 cm³/mol. The standard InChI is InChI=1S/C14H19N3O4/c1-3-16-8-12(13(18)9-16)15(2)14(19)10-4-6-11(7-5-10)17(20)21/h4-7,12-13,18H,3,8-9H2,1-2H3/t12-,13-/m0/s1. The molecule has 1 aliphatic rings. The Morgan fingerprint density at radius 2 is 2.05 bits per heavy atom. The number of aliphatic hydroxyl groups is 1. The van der Waals surface area contributed by atoms with Crippen molar-refractivity contribution in [2.45, 2.75) is 19.1 Å². The summed E-state index contributed by atoms with van der Waals surface area (Å²) in [6.45, 7) is 4.02. The molecule has 0 bridgehead atoms. The minimum Gasteiger partial charge on any atom is -0.390 e. The van der Waals surface area contributed by atoms with Crippen LogP contribution in [0, 0.1) is 10.1 Å². The van der Waals surface area contributed by atoms with Gasteiger partial charge in [0.15, 0.2) is 0 Å². The third kappa shape index (κ3) is 3.20. The molecule has 1 fully saturated rings. The van der Waals surface area contributed by atoms with Gasteiger partial charge in [0.1, 0.15) is 0 Å². The highest BCUT2D eigenvalue weighted by molar-refractivity contribution is 5.94. The summed E-state index contributed by atoms with van der Waals surface area (Å²) in [6.07, 6.45) is -0.572. The second kappa shape index (κ2) is 6.19. The number of amides is 1. The summed E-state index contributed by atoms with van der Waals surface area (Å²) in [5, 5.41) is 20.7. The highest BCUT2D eigenvalue weighted by Gasteiger charge is 2.35. The lowest BCUT2D eigenvalue weighted by Gasteiger charge is -2.26. The number of likely N-dealkylation sites (tertiary alicyclic amines) is 1. The highest BCUT2D eigenvalue weighted by Crippen LogP contribution is 2.18. The molecule has 1 amide bonds. The molecule has 2 rings (SSSR count). The van der Waals surface area contributed by atoms with E-state index in [4.69, 9.17) is 0 Å². The van der Waals surface area contributed by atoms with E-state index in [2.05, 4.69) is 4.90 Å². The third-order valence-electron chi connectivity index (χ3n) is 3.92. The molecular formula is C14H19N3O4. The Bertz CT molecular complexity index is 532. The van der Waals surface area contributed by atoms with Gasteiger partial charge in [0.25, 0.3) is 11.6 Å². The molecule has 0 saturated carbocycles. The first kappa shape index (κ1) is 15.4. The molecule has 0 radical (unpaired) electrons. The average molecular weight is 293 g/mol.